The highest BCUT2D eigenvalue weighted by Crippen LogP contribution is 2.34. The summed E-state index contributed by atoms with van der Waals surface area (Å²) in [7, 11) is 0. The molecule has 0 aliphatic heterocycles. The molecule has 0 aromatic heterocycles. The second kappa shape index (κ2) is 4.33. The minimum atomic E-state index is -4.72. The molecule has 16 heavy (non-hydrogen) atoms. The lowest BCUT2D eigenvalue weighted by Crippen LogP contribution is -2.25. The first-order valence-electron chi connectivity index (χ1n) is 4.72. The predicted octanol–water partition coefficient (Wildman–Crippen LogP) is 2.86. The van der Waals surface area contributed by atoms with Gasteiger partial charge in [0, 0.05) is 11.0 Å². The van der Waals surface area contributed by atoms with Gasteiger partial charge in [-0.05, 0) is 6.07 Å². The summed E-state index contributed by atoms with van der Waals surface area (Å²) in [6.07, 6.45) is -4.72. The fourth-order valence-electron chi connectivity index (χ4n) is 1.32. The standard InChI is InChI=1S/C11H13F3O2/c1-10(2,7-15)8-5-3-4-6-9(8)16-11(12,13)14/h3-6,15H,7H2,1-2H3. The van der Waals surface area contributed by atoms with Gasteiger partial charge in [-0.3, -0.25) is 0 Å². The topological polar surface area (TPSA) is 29.5 Å². The van der Waals surface area contributed by atoms with Crippen LogP contribution in [0.25, 0.3) is 0 Å². The van der Waals surface area contributed by atoms with E-state index >= 15 is 0 Å². The Morgan fingerprint density at radius 3 is 2.25 bits per heavy atom. The Kier molecular flexibility index (Phi) is 3.48. The molecule has 0 atom stereocenters. The molecule has 0 fully saturated rings. The molecular weight excluding hydrogens is 221 g/mol. The Labute approximate surface area is 91.7 Å². The molecule has 0 heterocycles. The fourth-order valence-corrected chi connectivity index (χ4v) is 1.32. The molecular formula is C11H13F3O2. The molecule has 0 saturated heterocycles. The molecule has 0 aliphatic carbocycles. The smallest absolute Gasteiger partial charge is 0.405 e. The predicted molar refractivity (Wildman–Crippen MR) is 53.2 cm³/mol. The molecule has 0 spiro atoms. The maximum atomic E-state index is 12.1. The average molecular weight is 234 g/mol. The summed E-state index contributed by atoms with van der Waals surface area (Å²) in [5.41, 5.74) is -0.447. The van der Waals surface area contributed by atoms with E-state index in [1.807, 2.05) is 0 Å². The van der Waals surface area contributed by atoms with Gasteiger partial charge in [-0.2, -0.15) is 0 Å². The van der Waals surface area contributed by atoms with Gasteiger partial charge in [-0.15, -0.1) is 13.2 Å². The van der Waals surface area contributed by atoms with E-state index in [0.717, 1.165) is 0 Å². The van der Waals surface area contributed by atoms with Gasteiger partial charge in [-0.25, -0.2) is 0 Å². The average Bonchev–Trinajstić information content (AvgIpc) is 2.16. The number of hydrogen-bond acceptors (Lipinski definition) is 2. The van der Waals surface area contributed by atoms with Crippen molar-refractivity contribution in [2.24, 2.45) is 0 Å². The largest absolute Gasteiger partial charge is 0.573 e. The molecule has 1 N–H and O–H groups in total. The van der Waals surface area contributed by atoms with Crippen LogP contribution in [0.2, 0.25) is 0 Å². The lowest BCUT2D eigenvalue weighted by molar-refractivity contribution is -0.275. The third-order valence-corrected chi connectivity index (χ3v) is 2.24. The van der Waals surface area contributed by atoms with E-state index in [0.29, 0.717) is 5.56 Å². The number of aliphatic hydroxyl groups is 1. The second-order valence-electron chi connectivity index (χ2n) is 4.09. The first-order valence-corrected chi connectivity index (χ1v) is 4.72. The summed E-state index contributed by atoms with van der Waals surface area (Å²) in [5, 5.41) is 9.13. The lowest BCUT2D eigenvalue weighted by atomic mass is 9.85. The maximum Gasteiger partial charge on any atom is 0.573 e. The van der Waals surface area contributed by atoms with Gasteiger partial charge in [0.15, 0.2) is 0 Å². The zero-order valence-corrected chi connectivity index (χ0v) is 9.01. The SMILES string of the molecule is CC(C)(CO)c1ccccc1OC(F)(F)F. The van der Waals surface area contributed by atoms with Gasteiger partial charge in [0.1, 0.15) is 5.75 Å². The molecule has 0 aliphatic rings. The van der Waals surface area contributed by atoms with Gasteiger partial charge in [0.2, 0.25) is 0 Å². The monoisotopic (exact) mass is 234 g/mol. The van der Waals surface area contributed by atoms with E-state index in [1.165, 1.54) is 18.2 Å². The van der Waals surface area contributed by atoms with Gasteiger partial charge >= 0.3 is 6.36 Å². The third-order valence-electron chi connectivity index (χ3n) is 2.24. The number of para-hydroxylation sites is 1. The van der Waals surface area contributed by atoms with Crippen molar-refractivity contribution in [2.45, 2.75) is 25.6 Å². The highest BCUT2D eigenvalue weighted by molar-refractivity contribution is 5.39. The number of hydrogen-bond donors (Lipinski definition) is 1. The maximum absolute atomic E-state index is 12.1. The van der Waals surface area contributed by atoms with E-state index in [4.69, 9.17) is 5.11 Å². The van der Waals surface area contributed by atoms with Crippen LogP contribution >= 0.6 is 0 Å². The van der Waals surface area contributed by atoms with Gasteiger partial charge in [0.05, 0.1) is 6.61 Å². The zero-order chi connectivity index (χ0) is 12.4. The Hall–Kier alpha value is -1.23. The molecule has 1 rings (SSSR count). The molecule has 1 aromatic rings. The molecule has 5 heteroatoms. The van der Waals surface area contributed by atoms with Gasteiger partial charge < -0.3 is 9.84 Å². The Balaban J connectivity index is 3.11. The van der Waals surface area contributed by atoms with Crippen LogP contribution in [-0.4, -0.2) is 18.1 Å². The van der Waals surface area contributed by atoms with Crippen molar-refractivity contribution in [3.63, 3.8) is 0 Å². The van der Waals surface area contributed by atoms with E-state index in [2.05, 4.69) is 4.74 Å². The second-order valence-corrected chi connectivity index (χ2v) is 4.09. The van der Waals surface area contributed by atoms with Crippen LogP contribution in [0.15, 0.2) is 24.3 Å². The van der Waals surface area contributed by atoms with Crippen LogP contribution in [0.1, 0.15) is 19.4 Å². The van der Waals surface area contributed by atoms with Crippen LogP contribution in [-0.2, 0) is 5.41 Å². The van der Waals surface area contributed by atoms with E-state index in [-0.39, 0.29) is 12.4 Å². The fraction of sp³-hybridized carbons (Fsp3) is 0.455. The number of aliphatic hydroxyl groups excluding tert-OH is 1. The highest BCUT2D eigenvalue weighted by atomic mass is 19.4. The Morgan fingerprint density at radius 1 is 1.19 bits per heavy atom. The van der Waals surface area contributed by atoms with Crippen LogP contribution in [0.3, 0.4) is 0 Å². The summed E-state index contributed by atoms with van der Waals surface area (Å²) < 4.78 is 40.3. The number of benzene rings is 1. The van der Waals surface area contributed by atoms with Crippen molar-refractivity contribution in [2.75, 3.05) is 6.61 Å². The number of alkyl halides is 3. The molecule has 1 aromatic carbocycles. The molecule has 0 amide bonds. The van der Waals surface area contributed by atoms with Crippen molar-refractivity contribution in [1.82, 2.24) is 0 Å². The number of ether oxygens (including phenoxy) is 1. The van der Waals surface area contributed by atoms with Crippen LogP contribution in [0.4, 0.5) is 13.2 Å². The van der Waals surface area contributed by atoms with E-state index < -0.39 is 11.8 Å². The van der Waals surface area contributed by atoms with E-state index in [9.17, 15) is 13.2 Å². The zero-order valence-electron chi connectivity index (χ0n) is 9.01. The first kappa shape index (κ1) is 12.8. The van der Waals surface area contributed by atoms with Crippen LogP contribution < -0.4 is 4.74 Å². The lowest BCUT2D eigenvalue weighted by Gasteiger charge is -2.25. The van der Waals surface area contributed by atoms with E-state index in [1.54, 1.807) is 19.9 Å². The van der Waals surface area contributed by atoms with Crippen LogP contribution in [0, 0.1) is 0 Å². The third kappa shape index (κ3) is 3.13. The van der Waals surface area contributed by atoms with Gasteiger partial charge in [-0.1, -0.05) is 32.0 Å². The summed E-state index contributed by atoms with van der Waals surface area (Å²) in [6.45, 7) is 3.03. The first-order chi connectivity index (χ1) is 7.26. The van der Waals surface area contributed by atoms with Crippen molar-refractivity contribution in [3.05, 3.63) is 29.8 Å². The summed E-state index contributed by atoms with van der Waals surface area (Å²) in [4.78, 5) is 0. The number of rotatable bonds is 3. The normalized spacial score (nSPS) is 12.6. The molecule has 0 unspecified atom stereocenters. The quantitative estimate of drug-likeness (QED) is 0.871. The summed E-state index contributed by atoms with van der Waals surface area (Å²) in [6, 6.07) is 5.81. The Bertz CT molecular complexity index is 358. The summed E-state index contributed by atoms with van der Waals surface area (Å²) in [5.74, 6) is -0.269. The van der Waals surface area contributed by atoms with Gasteiger partial charge in [0.25, 0.3) is 0 Å². The minimum absolute atomic E-state index is 0.259. The van der Waals surface area contributed by atoms with Crippen molar-refractivity contribution >= 4 is 0 Å². The van der Waals surface area contributed by atoms with Crippen LogP contribution in [0.5, 0.6) is 5.75 Å². The van der Waals surface area contributed by atoms with Crippen molar-refractivity contribution in [3.8, 4) is 5.75 Å². The van der Waals surface area contributed by atoms with Crippen molar-refractivity contribution < 1.29 is 23.0 Å². The van der Waals surface area contributed by atoms with Crippen molar-refractivity contribution in [1.29, 1.82) is 0 Å². The highest BCUT2D eigenvalue weighted by Gasteiger charge is 2.34. The molecule has 0 saturated carbocycles. The Morgan fingerprint density at radius 2 is 1.75 bits per heavy atom. The number of halogens is 3. The minimum Gasteiger partial charge on any atom is -0.405 e. The summed E-state index contributed by atoms with van der Waals surface area (Å²) >= 11 is 0. The molecule has 0 radical (unpaired) electrons. The molecule has 2 nitrogen and oxygen atoms in total. The molecule has 90 valence electrons. The molecule has 0 bridgehead atoms.